The number of anilines is 2. The lowest BCUT2D eigenvalue weighted by molar-refractivity contribution is -0.116. The van der Waals surface area contributed by atoms with Crippen LogP contribution >= 0.6 is 0 Å². The van der Waals surface area contributed by atoms with Gasteiger partial charge in [0.15, 0.2) is 0 Å². The van der Waals surface area contributed by atoms with Crippen molar-refractivity contribution in [3.8, 4) is 0 Å². The van der Waals surface area contributed by atoms with Gasteiger partial charge in [-0.2, -0.15) is 0 Å². The van der Waals surface area contributed by atoms with E-state index in [1.54, 1.807) is 0 Å². The van der Waals surface area contributed by atoms with Gasteiger partial charge in [-0.15, -0.1) is 0 Å². The highest BCUT2D eigenvalue weighted by Crippen LogP contribution is 2.18. The van der Waals surface area contributed by atoms with Crippen LogP contribution in [0.25, 0.3) is 0 Å². The second-order valence-corrected chi connectivity index (χ2v) is 7.26. The zero-order valence-electron chi connectivity index (χ0n) is 16.1. The number of nitrogens with zero attached hydrogens (tertiary/aromatic N) is 2. The quantitative estimate of drug-likeness (QED) is 0.891. The van der Waals surface area contributed by atoms with E-state index in [4.69, 9.17) is 0 Å². The average Bonchev–Trinajstić information content (AvgIpc) is 2.63. The van der Waals surface area contributed by atoms with Gasteiger partial charge >= 0.3 is 0 Å². The molecule has 1 amide bonds. The summed E-state index contributed by atoms with van der Waals surface area (Å²) >= 11 is 0. The monoisotopic (exact) mass is 351 g/mol. The molecule has 0 bridgehead atoms. The van der Waals surface area contributed by atoms with Crippen LogP contribution in [0.5, 0.6) is 0 Å². The fraction of sp³-hybridized carbons (Fsp3) is 0.409. The van der Waals surface area contributed by atoms with Crippen LogP contribution in [-0.4, -0.2) is 43.5 Å². The van der Waals surface area contributed by atoms with Gasteiger partial charge in [-0.3, -0.25) is 9.69 Å². The van der Waals surface area contributed by atoms with Crippen LogP contribution in [0.1, 0.15) is 23.1 Å². The van der Waals surface area contributed by atoms with Crippen molar-refractivity contribution < 1.29 is 4.79 Å². The number of aryl methyl sites for hydroxylation is 3. The molecule has 1 aliphatic rings. The number of piperazine rings is 1. The first kappa shape index (κ1) is 18.5. The van der Waals surface area contributed by atoms with E-state index >= 15 is 0 Å². The van der Waals surface area contributed by atoms with E-state index in [2.05, 4.69) is 66.2 Å². The Bertz CT molecular complexity index is 764. The lowest BCUT2D eigenvalue weighted by atomic mass is 10.1. The minimum absolute atomic E-state index is 0.0920. The molecule has 2 aromatic carbocycles. The number of rotatable bonds is 5. The smallest absolute Gasteiger partial charge is 0.225 e. The van der Waals surface area contributed by atoms with Crippen molar-refractivity contribution >= 4 is 17.3 Å². The molecule has 3 rings (SSSR count). The summed E-state index contributed by atoms with van der Waals surface area (Å²) in [7, 11) is 0. The van der Waals surface area contributed by atoms with E-state index < -0.39 is 0 Å². The Morgan fingerprint density at radius 3 is 2.42 bits per heavy atom. The number of amides is 1. The molecule has 0 saturated carbocycles. The normalized spacial score (nSPS) is 15.1. The fourth-order valence-electron chi connectivity index (χ4n) is 3.36. The molecule has 0 aromatic heterocycles. The van der Waals surface area contributed by atoms with E-state index in [1.807, 2.05) is 12.1 Å². The Morgan fingerprint density at radius 1 is 0.962 bits per heavy atom. The van der Waals surface area contributed by atoms with Gasteiger partial charge in [-0.05, 0) is 61.7 Å². The maximum Gasteiger partial charge on any atom is 0.225 e. The highest BCUT2D eigenvalue weighted by atomic mass is 16.1. The van der Waals surface area contributed by atoms with Crippen LogP contribution in [0.15, 0.2) is 42.5 Å². The van der Waals surface area contributed by atoms with Gasteiger partial charge in [-0.1, -0.05) is 18.2 Å². The second kappa shape index (κ2) is 8.37. The molecule has 2 aromatic rings. The van der Waals surface area contributed by atoms with Gasteiger partial charge in [-0.25, -0.2) is 0 Å². The first-order valence-electron chi connectivity index (χ1n) is 9.42. The molecule has 0 radical (unpaired) electrons. The molecule has 1 fully saturated rings. The number of carbonyl (C=O) groups is 1. The summed E-state index contributed by atoms with van der Waals surface area (Å²) in [6.45, 7) is 11.1. The number of hydrogen-bond acceptors (Lipinski definition) is 3. The predicted octanol–water partition coefficient (Wildman–Crippen LogP) is 3.76. The molecule has 1 aliphatic heterocycles. The van der Waals surface area contributed by atoms with Crippen LogP contribution < -0.4 is 10.2 Å². The van der Waals surface area contributed by atoms with Gasteiger partial charge in [0.05, 0.1) is 0 Å². The summed E-state index contributed by atoms with van der Waals surface area (Å²) in [6, 6.07) is 14.7. The van der Waals surface area contributed by atoms with Crippen LogP contribution in [0, 0.1) is 20.8 Å². The Labute approximate surface area is 156 Å². The molecule has 138 valence electrons. The maximum atomic E-state index is 12.2. The highest BCUT2D eigenvalue weighted by molar-refractivity contribution is 5.90. The molecule has 0 unspecified atom stereocenters. The van der Waals surface area contributed by atoms with E-state index in [1.165, 1.54) is 22.4 Å². The van der Waals surface area contributed by atoms with Crippen molar-refractivity contribution in [1.29, 1.82) is 0 Å². The molecule has 0 aliphatic carbocycles. The molecule has 0 spiro atoms. The van der Waals surface area contributed by atoms with Gasteiger partial charge < -0.3 is 10.2 Å². The molecule has 4 heteroatoms. The number of nitrogens with one attached hydrogen (secondary N) is 1. The van der Waals surface area contributed by atoms with Crippen LogP contribution in [0.4, 0.5) is 11.4 Å². The maximum absolute atomic E-state index is 12.2. The third-order valence-corrected chi connectivity index (χ3v) is 5.18. The van der Waals surface area contributed by atoms with Gasteiger partial charge in [0, 0.05) is 50.5 Å². The van der Waals surface area contributed by atoms with E-state index in [9.17, 15) is 4.79 Å². The Balaban J connectivity index is 1.43. The van der Waals surface area contributed by atoms with Crippen molar-refractivity contribution in [1.82, 2.24) is 4.90 Å². The van der Waals surface area contributed by atoms with E-state index in [-0.39, 0.29) is 5.91 Å². The number of benzene rings is 2. The first-order valence-corrected chi connectivity index (χ1v) is 9.42. The molecule has 26 heavy (non-hydrogen) atoms. The largest absolute Gasteiger partial charge is 0.369 e. The molecule has 0 atom stereocenters. The average molecular weight is 351 g/mol. The summed E-state index contributed by atoms with van der Waals surface area (Å²) in [5.74, 6) is 0.0920. The minimum Gasteiger partial charge on any atom is -0.369 e. The topological polar surface area (TPSA) is 35.6 Å². The highest BCUT2D eigenvalue weighted by Gasteiger charge is 2.18. The lowest BCUT2D eigenvalue weighted by Gasteiger charge is -2.36. The Kier molecular flexibility index (Phi) is 5.94. The van der Waals surface area contributed by atoms with E-state index in [0.29, 0.717) is 6.42 Å². The minimum atomic E-state index is 0.0920. The Hall–Kier alpha value is -2.33. The fourth-order valence-corrected chi connectivity index (χ4v) is 3.36. The molecule has 1 N–H and O–H groups in total. The number of carbonyl (C=O) groups excluding carboxylic acids is 1. The molecular formula is C22H29N3O. The van der Waals surface area contributed by atoms with Gasteiger partial charge in [0.2, 0.25) is 5.91 Å². The summed E-state index contributed by atoms with van der Waals surface area (Å²) in [4.78, 5) is 17.0. The summed E-state index contributed by atoms with van der Waals surface area (Å²) in [6.07, 6.45) is 0.539. The predicted molar refractivity (Wildman–Crippen MR) is 109 cm³/mol. The van der Waals surface area contributed by atoms with Crippen molar-refractivity contribution in [3.63, 3.8) is 0 Å². The SMILES string of the molecule is Cc1cccc(N2CCN(CCC(=O)Nc3ccc(C)c(C)c3)CC2)c1. The van der Waals surface area contributed by atoms with Crippen LogP contribution in [0.3, 0.4) is 0 Å². The zero-order valence-corrected chi connectivity index (χ0v) is 16.1. The van der Waals surface area contributed by atoms with Crippen LogP contribution in [0.2, 0.25) is 0 Å². The molecule has 1 saturated heterocycles. The van der Waals surface area contributed by atoms with Crippen molar-refractivity contribution in [3.05, 3.63) is 59.2 Å². The number of hydrogen-bond donors (Lipinski definition) is 1. The second-order valence-electron chi connectivity index (χ2n) is 7.26. The van der Waals surface area contributed by atoms with Gasteiger partial charge in [0.25, 0.3) is 0 Å². The third-order valence-electron chi connectivity index (χ3n) is 5.18. The van der Waals surface area contributed by atoms with Crippen LogP contribution in [-0.2, 0) is 4.79 Å². The summed E-state index contributed by atoms with van der Waals surface area (Å²) < 4.78 is 0. The third kappa shape index (κ3) is 4.85. The van der Waals surface area contributed by atoms with E-state index in [0.717, 1.165) is 38.4 Å². The van der Waals surface area contributed by atoms with Gasteiger partial charge in [0.1, 0.15) is 0 Å². The summed E-state index contributed by atoms with van der Waals surface area (Å²) in [5, 5.41) is 3.01. The summed E-state index contributed by atoms with van der Waals surface area (Å²) in [5.41, 5.74) is 5.94. The van der Waals surface area contributed by atoms with Crippen molar-refractivity contribution in [2.75, 3.05) is 42.9 Å². The lowest BCUT2D eigenvalue weighted by Crippen LogP contribution is -2.47. The molecular weight excluding hydrogens is 322 g/mol. The zero-order chi connectivity index (χ0) is 18.5. The Morgan fingerprint density at radius 2 is 1.73 bits per heavy atom. The van der Waals surface area contributed by atoms with Crippen molar-refractivity contribution in [2.24, 2.45) is 0 Å². The molecule has 1 heterocycles. The first-order chi connectivity index (χ1) is 12.5. The standard InChI is InChI=1S/C22H29N3O/c1-17-5-4-6-21(15-17)25-13-11-24(12-14-25)10-9-22(26)23-20-8-7-18(2)19(3)16-20/h4-8,15-16H,9-14H2,1-3H3,(H,23,26). The van der Waals surface area contributed by atoms with Crippen molar-refractivity contribution in [2.45, 2.75) is 27.2 Å². The molecule has 4 nitrogen and oxygen atoms in total.